The zero-order valence-electron chi connectivity index (χ0n) is 20.9. The Kier molecular flexibility index (Phi) is 8.68. The van der Waals surface area contributed by atoms with Gasteiger partial charge in [0.2, 0.25) is 0 Å². The number of carbonyl (C=O) groups is 3. The molecule has 0 aliphatic rings. The molecule has 3 rings (SSSR count). The first-order valence-electron chi connectivity index (χ1n) is 11.4. The molecular formula is C28H27ClFNO6. The Balaban J connectivity index is 1.89. The molecular weight excluding hydrogens is 501 g/mol. The van der Waals surface area contributed by atoms with Gasteiger partial charge in [0, 0.05) is 11.1 Å². The zero-order chi connectivity index (χ0) is 27.3. The van der Waals surface area contributed by atoms with Gasteiger partial charge >= 0.3 is 12.1 Å². The van der Waals surface area contributed by atoms with Crippen molar-refractivity contribution < 1.29 is 33.4 Å². The molecule has 0 saturated heterocycles. The van der Waals surface area contributed by atoms with Gasteiger partial charge in [0.1, 0.15) is 19.0 Å². The Morgan fingerprint density at radius 2 is 1.59 bits per heavy atom. The number of esters is 1. The highest BCUT2D eigenvalue weighted by Crippen LogP contribution is 2.33. The normalized spacial score (nSPS) is 11.1. The number of rotatable bonds is 8. The number of carbonyl (C=O) groups excluding carboxylic acids is 3. The number of benzene rings is 3. The minimum Gasteiger partial charge on any atom is -0.460 e. The summed E-state index contributed by atoms with van der Waals surface area (Å²) in [6, 6.07) is 15.5. The van der Waals surface area contributed by atoms with E-state index in [1.54, 1.807) is 19.1 Å². The summed E-state index contributed by atoms with van der Waals surface area (Å²) in [5.74, 6) is -1.61. The molecule has 194 valence electrons. The number of ether oxygens (including phenoxy) is 2. The van der Waals surface area contributed by atoms with E-state index < -0.39 is 23.5 Å². The van der Waals surface area contributed by atoms with E-state index in [9.17, 15) is 23.9 Å². The average molecular weight is 528 g/mol. The standard InChI is InChI=1S/C28H27ClFNO6/c1-17-7-5-6-8-21(17)25(32)22-11-10-20(16-23(22)29)31(24-12-9-19(30)15-18(24)2)27(34)37-14-13-36-26(33)28(3,4)35/h5-12,15-16,35H,13-14H2,1-4H3. The Morgan fingerprint density at radius 1 is 0.919 bits per heavy atom. The van der Waals surface area contributed by atoms with Crippen LogP contribution in [-0.2, 0) is 14.3 Å². The predicted molar refractivity (Wildman–Crippen MR) is 138 cm³/mol. The van der Waals surface area contributed by atoms with Crippen LogP contribution in [0.25, 0.3) is 0 Å². The molecule has 0 saturated carbocycles. The second-order valence-corrected chi connectivity index (χ2v) is 9.29. The number of halogens is 2. The van der Waals surface area contributed by atoms with Crippen molar-refractivity contribution in [3.8, 4) is 0 Å². The van der Waals surface area contributed by atoms with Gasteiger partial charge in [0.15, 0.2) is 11.4 Å². The first-order chi connectivity index (χ1) is 17.4. The molecule has 0 aromatic heterocycles. The molecule has 0 bridgehead atoms. The van der Waals surface area contributed by atoms with Gasteiger partial charge in [-0.15, -0.1) is 0 Å². The fourth-order valence-corrected chi connectivity index (χ4v) is 3.78. The minimum absolute atomic E-state index is 0.113. The summed E-state index contributed by atoms with van der Waals surface area (Å²) in [4.78, 5) is 39.1. The van der Waals surface area contributed by atoms with Gasteiger partial charge in [-0.25, -0.2) is 18.9 Å². The van der Waals surface area contributed by atoms with Gasteiger partial charge in [-0.05, 0) is 75.2 Å². The van der Waals surface area contributed by atoms with Gasteiger partial charge in [-0.2, -0.15) is 0 Å². The van der Waals surface area contributed by atoms with Crippen molar-refractivity contribution in [2.45, 2.75) is 33.3 Å². The van der Waals surface area contributed by atoms with Crippen molar-refractivity contribution >= 4 is 40.8 Å². The van der Waals surface area contributed by atoms with E-state index in [1.807, 2.05) is 19.1 Å². The highest BCUT2D eigenvalue weighted by Gasteiger charge is 2.27. The molecule has 3 aromatic carbocycles. The van der Waals surface area contributed by atoms with Crippen LogP contribution in [0.3, 0.4) is 0 Å². The van der Waals surface area contributed by atoms with E-state index in [1.165, 1.54) is 55.1 Å². The van der Waals surface area contributed by atoms with Crippen molar-refractivity contribution in [3.63, 3.8) is 0 Å². The van der Waals surface area contributed by atoms with Gasteiger partial charge in [0.05, 0.1) is 16.4 Å². The molecule has 0 unspecified atom stereocenters. The Hall–Kier alpha value is -3.75. The maximum Gasteiger partial charge on any atom is 0.419 e. The molecule has 1 amide bonds. The Labute approximate surface area is 219 Å². The molecule has 37 heavy (non-hydrogen) atoms. The third kappa shape index (κ3) is 6.72. The van der Waals surface area contributed by atoms with Crippen molar-refractivity contribution in [1.82, 2.24) is 0 Å². The summed E-state index contributed by atoms with van der Waals surface area (Å²) >= 11 is 6.49. The molecule has 0 aliphatic heterocycles. The molecule has 0 spiro atoms. The molecule has 0 heterocycles. The first kappa shape index (κ1) is 27.8. The Bertz CT molecular complexity index is 1330. The number of anilines is 2. The minimum atomic E-state index is -1.69. The molecule has 9 heteroatoms. The highest BCUT2D eigenvalue weighted by atomic mass is 35.5. The monoisotopic (exact) mass is 527 g/mol. The molecule has 1 N–H and O–H groups in total. The number of hydrogen-bond donors (Lipinski definition) is 1. The average Bonchev–Trinajstić information content (AvgIpc) is 2.82. The van der Waals surface area contributed by atoms with Crippen LogP contribution in [0, 0.1) is 19.7 Å². The lowest BCUT2D eigenvalue weighted by Crippen LogP contribution is -2.34. The van der Waals surface area contributed by atoms with E-state index in [2.05, 4.69) is 0 Å². The van der Waals surface area contributed by atoms with Crippen LogP contribution in [0.2, 0.25) is 5.02 Å². The summed E-state index contributed by atoms with van der Waals surface area (Å²) in [5, 5.41) is 9.76. The lowest BCUT2D eigenvalue weighted by molar-refractivity contribution is -0.162. The van der Waals surface area contributed by atoms with Gasteiger partial charge in [-0.3, -0.25) is 4.79 Å². The number of ketones is 1. The summed E-state index contributed by atoms with van der Waals surface area (Å²) < 4.78 is 24.0. The van der Waals surface area contributed by atoms with Crippen LogP contribution >= 0.6 is 11.6 Å². The smallest absolute Gasteiger partial charge is 0.419 e. The van der Waals surface area contributed by atoms with Crippen LogP contribution in [0.1, 0.15) is 40.9 Å². The first-order valence-corrected chi connectivity index (χ1v) is 11.8. The number of amides is 1. The Morgan fingerprint density at radius 3 is 2.22 bits per heavy atom. The van der Waals surface area contributed by atoms with E-state index in [4.69, 9.17) is 21.1 Å². The molecule has 0 fully saturated rings. The van der Waals surface area contributed by atoms with Gasteiger partial charge in [-0.1, -0.05) is 35.9 Å². The fourth-order valence-electron chi connectivity index (χ4n) is 3.52. The van der Waals surface area contributed by atoms with Crippen molar-refractivity contribution in [1.29, 1.82) is 0 Å². The third-order valence-corrected chi connectivity index (χ3v) is 5.78. The number of aryl methyl sites for hydroxylation is 2. The second kappa shape index (κ2) is 11.5. The highest BCUT2D eigenvalue weighted by molar-refractivity contribution is 6.35. The van der Waals surface area contributed by atoms with E-state index in [0.29, 0.717) is 16.8 Å². The molecule has 0 atom stereocenters. The van der Waals surface area contributed by atoms with Crippen molar-refractivity contribution in [3.05, 3.63) is 93.8 Å². The molecule has 0 radical (unpaired) electrons. The topological polar surface area (TPSA) is 93.1 Å². The van der Waals surface area contributed by atoms with Gasteiger partial charge < -0.3 is 14.6 Å². The number of aliphatic hydroxyl groups is 1. The van der Waals surface area contributed by atoms with Crippen LogP contribution in [-0.4, -0.2) is 41.8 Å². The van der Waals surface area contributed by atoms with E-state index in [-0.39, 0.29) is 35.3 Å². The largest absolute Gasteiger partial charge is 0.460 e. The maximum atomic E-state index is 13.8. The molecule has 0 aliphatic carbocycles. The van der Waals surface area contributed by atoms with Gasteiger partial charge in [0.25, 0.3) is 0 Å². The second-order valence-electron chi connectivity index (χ2n) is 8.88. The number of hydrogen-bond acceptors (Lipinski definition) is 6. The maximum absolute atomic E-state index is 13.8. The van der Waals surface area contributed by atoms with E-state index >= 15 is 0 Å². The summed E-state index contributed by atoms with van der Waals surface area (Å²) in [7, 11) is 0. The lowest BCUT2D eigenvalue weighted by Gasteiger charge is -2.25. The number of nitrogens with zero attached hydrogens (tertiary/aromatic N) is 1. The fraction of sp³-hybridized carbons (Fsp3) is 0.250. The van der Waals surface area contributed by atoms with Crippen LogP contribution in [0.4, 0.5) is 20.6 Å². The van der Waals surface area contributed by atoms with Crippen molar-refractivity contribution in [2.75, 3.05) is 18.1 Å². The van der Waals surface area contributed by atoms with Crippen LogP contribution < -0.4 is 4.90 Å². The quantitative estimate of drug-likeness (QED) is 0.222. The summed E-state index contributed by atoms with van der Waals surface area (Å²) in [5.41, 5.74) is 0.918. The molecule has 7 nitrogen and oxygen atoms in total. The molecule has 3 aromatic rings. The summed E-state index contributed by atoms with van der Waals surface area (Å²) in [6.45, 7) is 5.42. The third-order valence-electron chi connectivity index (χ3n) is 5.47. The predicted octanol–water partition coefficient (Wildman–Crippen LogP) is 5.92. The summed E-state index contributed by atoms with van der Waals surface area (Å²) in [6.07, 6.45) is -0.844. The lowest BCUT2D eigenvalue weighted by atomic mass is 9.99. The SMILES string of the molecule is Cc1ccccc1C(=O)c1ccc(N(C(=O)OCCOC(=O)C(C)(C)O)c2ccc(F)cc2C)cc1Cl. The zero-order valence-corrected chi connectivity index (χ0v) is 21.6. The van der Waals surface area contributed by atoms with Crippen LogP contribution in [0.5, 0.6) is 0 Å². The van der Waals surface area contributed by atoms with E-state index in [0.717, 1.165) is 5.56 Å². The van der Waals surface area contributed by atoms with Crippen molar-refractivity contribution in [2.24, 2.45) is 0 Å². The van der Waals surface area contributed by atoms with Crippen LogP contribution in [0.15, 0.2) is 60.7 Å².